The Morgan fingerprint density at radius 1 is 1.00 bits per heavy atom. The molecule has 0 bridgehead atoms. The molecule has 27 heavy (non-hydrogen) atoms. The zero-order valence-electron chi connectivity index (χ0n) is 15.4. The summed E-state index contributed by atoms with van der Waals surface area (Å²) in [5, 5.41) is 2.82. The van der Waals surface area contributed by atoms with E-state index in [-0.39, 0.29) is 29.1 Å². The van der Waals surface area contributed by atoms with Gasteiger partial charge in [0, 0.05) is 25.2 Å². The van der Waals surface area contributed by atoms with Crippen molar-refractivity contribution in [1.82, 2.24) is 10.0 Å². The predicted octanol–water partition coefficient (Wildman–Crippen LogP) is 2.43. The first kappa shape index (κ1) is 23.1. The minimum atomic E-state index is -3.50. The Kier molecular flexibility index (Phi) is 8.92. The highest BCUT2D eigenvalue weighted by molar-refractivity contribution is 7.89. The van der Waals surface area contributed by atoms with Crippen molar-refractivity contribution in [2.24, 2.45) is 11.7 Å². The molecule has 0 fully saturated rings. The molecule has 0 saturated heterocycles. The Labute approximate surface area is 167 Å². The summed E-state index contributed by atoms with van der Waals surface area (Å²) >= 11 is 0. The van der Waals surface area contributed by atoms with Crippen LogP contribution in [0, 0.1) is 5.92 Å². The molecule has 0 aliphatic heterocycles. The number of rotatable bonds is 8. The molecule has 148 valence electrons. The molecule has 0 aliphatic carbocycles. The van der Waals surface area contributed by atoms with Crippen LogP contribution in [0.5, 0.6) is 0 Å². The molecule has 2 aromatic rings. The molecule has 4 N–H and O–H groups in total. The van der Waals surface area contributed by atoms with Crippen molar-refractivity contribution in [1.29, 1.82) is 0 Å². The molecule has 6 nitrogen and oxygen atoms in total. The van der Waals surface area contributed by atoms with Gasteiger partial charge in [0.1, 0.15) is 0 Å². The van der Waals surface area contributed by atoms with Crippen LogP contribution in [0.4, 0.5) is 0 Å². The number of hydrogen-bond donors (Lipinski definition) is 3. The Morgan fingerprint density at radius 3 is 2.07 bits per heavy atom. The summed E-state index contributed by atoms with van der Waals surface area (Å²) < 4.78 is 26.9. The fourth-order valence-electron chi connectivity index (χ4n) is 2.22. The van der Waals surface area contributed by atoms with E-state index in [4.69, 9.17) is 5.73 Å². The second-order valence-electron chi connectivity index (χ2n) is 6.47. The molecule has 0 aliphatic rings. The topological polar surface area (TPSA) is 101 Å². The summed E-state index contributed by atoms with van der Waals surface area (Å²) in [4.78, 5) is 12.4. The van der Waals surface area contributed by atoms with E-state index in [1.54, 1.807) is 36.4 Å². The maximum absolute atomic E-state index is 12.2. The lowest BCUT2D eigenvalue weighted by atomic mass is 10.1. The fourth-order valence-corrected chi connectivity index (χ4v) is 3.44. The zero-order valence-corrected chi connectivity index (χ0v) is 17.1. The van der Waals surface area contributed by atoms with Crippen molar-refractivity contribution >= 4 is 28.3 Å². The molecule has 8 heteroatoms. The van der Waals surface area contributed by atoms with Gasteiger partial charge in [-0.2, -0.15) is 0 Å². The van der Waals surface area contributed by atoms with Gasteiger partial charge in [-0.25, -0.2) is 13.1 Å². The maximum atomic E-state index is 12.2. The third kappa shape index (κ3) is 6.95. The average molecular weight is 412 g/mol. The van der Waals surface area contributed by atoms with Crippen molar-refractivity contribution in [3.63, 3.8) is 0 Å². The molecule has 0 radical (unpaired) electrons. The van der Waals surface area contributed by atoms with Crippen molar-refractivity contribution in [3.8, 4) is 0 Å². The Morgan fingerprint density at radius 2 is 1.56 bits per heavy atom. The van der Waals surface area contributed by atoms with Gasteiger partial charge in [0.05, 0.1) is 4.90 Å². The van der Waals surface area contributed by atoms with Crippen LogP contribution in [0.25, 0.3) is 0 Å². The molecular weight excluding hydrogens is 386 g/mol. The molecule has 2 aromatic carbocycles. The van der Waals surface area contributed by atoms with E-state index in [2.05, 4.69) is 10.0 Å². The first-order chi connectivity index (χ1) is 12.3. The number of hydrogen-bond acceptors (Lipinski definition) is 4. The standard InChI is InChI=1S/C19H25N3O3S.ClH/c1-14(2)12-22-26(24,25)18-9-5-16(6-10-18)13-21-19(23)17-7-3-15(11-20)4-8-17;/h3-10,14,22H,11-13,20H2,1-2H3,(H,21,23);1H. The third-order valence-corrected chi connectivity index (χ3v) is 5.26. The zero-order chi connectivity index (χ0) is 19.2. The van der Waals surface area contributed by atoms with E-state index in [9.17, 15) is 13.2 Å². The number of halogens is 1. The highest BCUT2D eigenvalue weighted by Gasteiger charge is 2.14. The largest absolute Gasteiger partial charge is 0.348 e. The monoisotopic (exact) mass is 411 g/mol. The fraction of sp³-hybridized carbons (Fsp3) is 0.316. The van der Waals surface area contributed by atoms with Crippen molar-refractivity contribution in [3.05, 3.63) is 65.2 Å². The van der Waals surface area contributed by atoms with E-state index in [0.29, 0.717) is 25.2 Å². The molecule has 2 rings (SSSR count). The summed E-state index contributed by atoms with van der Waals surface area (Å²) in [7, 11) is -3.50. The summed E-state index contributed by atoms with van der Waals surface area (Å²) in [6, 6.07) is 13.6. The number of carbonyl (C=O) groups excluding carboxylic acids is 1. The highest BCUT2D eigenvalue weighted by Crippen LogP contribution is 2.11. The van der Waals surface area contributed by atoms with Crippen LogP contribution in [0.3, 0.4) is 0 Å². The highest BCUT2D eigenvalue weighted by atomic mass is 35.5. The van der Waals surface area contributed by atoms with Gasteiger partial charge < -0.3 is 11.1 Å². The number of nitrogens with one attached hydrogen (secondary N) is 2. The lowest BCUT2D eigenvalue weighted by Gasteiger charge is -2.10. The van der Waals surface area contributed by atoms with E-state index >= 15 is 0 Å². The predicted molar refractivity (Wildman–Crippen MR) is 109 cm³/mol. The summed E-state index contributed by atoms with van der Waals surface area (Å²) in [6.45, 7) is 5.03. The van der Waals surface area contributed by atoms with Crippen molar-refractivity contribution in [2.45, 2.75) is 31.8 Å². The van der Waals surface area contributed by atoms with E-state index < -0.39 is 10.0 Å². The number of benzene rings is 2. The summed E-state index contributed by atoms with van der Waals surface area (Å²) in [5.74, 6) is 0.0436. The summed E-state index contributed by atoms with van der Waals surface area (Å²) in [6.07, 6.45) is 0. The molecule has 0 saturated carbocycles. The quantitative estimate of drug-likeness (QED) is 0.620. The summed E-state index contributed by atoms with van der Waals surface area (Å²) in [5.41, 5.74) is 7.88. The first-order valence-electron chi connectivity index (χ1n) is 8.47. The molecule has 0 spiro atoms. The van der Waals surface area contributed by atoms with E-state index in [0.717, 1.165) is 11.1 Å². The SMILES string of the molecule is CC(C)CNS(=O)(=O)c1ccc(CNC(=O)c2ccc(CN)cc2)cc1.Cl. The smallest absolute Gasteiger partial charge is 0.251 e. The van der Waals surface area contributed by atoms with Crippen LogP contribution in [-0.4, -0.2) is 20.9 Å². The van der Waals surface area contributed by atoms with Gasteiger partial charge >= 0.3 is 0 Å². The maximum Gasteiger partial charge on any atom is 0.251 e. The van der Waals surface area contributed by atoms with Crippen LogP contribution < -0.4 is 15.8 Å². The van der Waals surface area contributed by atoms with Crippen LogP contribution in [-0.2, 0) is 23.1 Å². The number of nitrogens with two attached hydrogens (primary N) is 1. The van der Waals surface area contributed by atoms with Crippen LogP contribution in [0.15, 0.2) is 53.4 Å². The van der Waals surface area contributed by atoms with Crippen molar-refractivity contribution < 1.29 is 13.2 Å². The van der Waals surface area contributed by atoms with Crippen molar-refractivity contribution in [2.75, 3.05) is 6.54 Å². The number of sulfonamides is 1. The Balaban J connectivity index is 0.00000364. The van der Waals surface area contributed by atoms with Gasteiger partial charge in [0.25, 0.3) is 5.91 Å². The Bertz CT molecular complexity index is 836. The van der Waals surface area contributed by atoms with Crippen LogP contribution in [0.2, 0.25) is 0 Å². The molecule has 0 aromatic heterocycles. The Hall–Kier alpha value is -1.93. The van der Waals surface area contributed by atoms with Gasteiger partial charge in [-0.1, -0.05) is 38.1 Å². The van der Waals surface area contributed by atoms with Crippen LogP contribution in [0.1, 0.15) is 35.3 Å². The van der Waals surface area contributed by atoms with Crippen LogP contribution >= 0.6 is 12.4 Å². The molecule has 0 atom stereocenters. The first-order valence-corrected chi connectivity index (χ1v) is 9.96. The lowest BCUT2D eigenvalue weighted by Crippen LogP contribution is -2.27. The minimum absolute atomic E-state index is 0. The van der Waals surface area contributed by atoms with E-state index in [1.165, 1.54) is 0 Å². The second-order valence-corrected chi connectivity index (χ2v) is 8.24. The van der Waals surface area contributed by atoms with Gasteiger partial charge in [0.15, 0.2) is 0 Å². The molecular formula is C19H26ClN3O3S. The van der Waals surface area contributed by atoms with Gasteiger partial charge in [-0.05, 0) is 41.3 Å². The normalized spacial score (nSPS) is 11.1. The van der Waals surface area contributed by atoms with Gasteiger partial charge in [-0.3, -0.25) is 4.79 Å². The lowest BCUT2D eigenvalue weighted by molar-refractivity contribution is 0.0951. The molecule has 1 amide bonds. The van der Waals surface area contributed by atoms with Gasteiger partial charge in [-0.15, -0.1) is 12.4 Å². The molecule has 0 heterocycles. The molecule has 0 unspecified atom stereocenters. The van der Waals surface area contributed by atoms with E-state index in [1.807, 2.05) is 26.0 Å². The van der Waals surface area contributed by atoms with Gasteiger partial charge in [0.2, 0.25) is 10.0 Å². The second kappa shape index (κ2) is 10.4. The number of amides is 1. The number of carbonyl (C=O) groups is 1. The third-order valence-electron chi connectivity index (χ3n) is 3.82. The minimum Gasteiger partial charge on any atom is -0.348 e. The average Bonchev–Trinajstić information content (AvgIpc) is 2.65.